The van der Waals surface area contributed by atoms with E-state index in [0.717, 1.165) is 30.4 Å². The molecule has 0 aromatic heterocycles. The molecule has 3 rings (SSSR count). The smallest absolute Gasteiger partial charge is 0.168 e. The van der Waals surface area contributed by atoms with E-state index in [-0.39, 0.29) is 23.9 Å². The van der Waals surface area contributed by atoms with E-state index in [1.165, 1.54) is 7.11 Å². The van der Waals surface area contributed by atoms with Gasteiger partial charge in [0.25, 0.3) is 0 Å². The molecule has 5 heteroatoms. The monoisotopic (exact) mass is 311 g/mol. The molecule has 1 heterocycles. The maximum absolute atomic E-state index is 14.3. The SMILES string of the molecule is COc1ccc2c(c1F)CCC2NCC1(CF)CCOCC1. The highest BCUT2D eigenvalue weighted by molar-refractivity contribution is 5.42. The molecule has 0 bridgehead atoms. The van der Waals surface area contributed by atoms with Gasteiger partial charge in [-0.1, -0.05) is 6.07 Å². The molecule has 1 aliphatic heterocycles. The van der Waals surface area contributed by atoms with Crippen molar-refractivity contribution in [3.05, 3.63) is 29.1 Å². The largest absolute Gasteiger partial charge is 0.494 e. The van der Waals surface area contributed by atoms with E-state index < -0.39 is 0 Å². The van der Waals surface area contributed by atoms with E-state index in [2.05, 4.69) is 5.32 Å². The Balaban J connectivity index is 1.70. The van der Waals surface area contributed by atoms with Crippen LogP contribution in [0.2, 0.25) is 0 Å². The normalized spacial score (nSPS) is 23.3. The highest BCUT2D eigenvalue weighted by atomic mass is 19.1. The van der Waals surface area contributed by atoms with Gasteiger partial charge in [-0.2, -0.15) is 0 Å². The predicted molar refractivity (Wildman–Crippen MR) is 80.5 cm³/mol. The molecule has 1 atom stereocenters. The second-order valence-corrected chi connectivity index (χ2v) is 6.37. The first-order valence-electron chi connectivity index (χ1n) is 7.91. The van der Waals surface area contributed by atoms with E-state index in [9.17, 15) is 8.78 Å². The number of nitrogens with one attached hydrogen (secondary N) is 1. The maximum Gasteiger partial charge on any atom is 0.168 e. The van der Waals surface area contributed by atoms with Gasteiger partial charge in [0.15, 0.2) is 11.6 Å². The zero-order valence-corrected chi connectivity index (χ0v) is 13.0. The zero-order valence-electron chi connectivity index (χ0n) is 13.0. The van der Waals surface area contributed by atoms with Crippen LogP contribution in [0.1, 0.15) is 36.4 Å². The van der Waals surface area contributed by atoms with Gasteiger partial charge in [-0.05, 0) is 42.9 Å². The minimum Gasteiger partial charge on any atom is -0.494 e. The molecule has 1 aromatic carbocycles. The van der Waals surface area contributed by atoms with Crippen LogP contribution in [0.5, 0.6) is 5.75 Å². The lowest BCUT2D eigenvalue weighted by molar-refractivity contribution is 0.000990. The standard InChI is InChI=1S/C17H23F2NO2/c1-21-15-5-3-12-13(16(15)19)2-4-14(12)20-11-17(10-18)6-8-22-9-7-17/h3,5,14,20H,2,4,6-11H2,1H3. The molecule has 0 radical (unpaired) electrons. The Bertz CT molecular complexity index is 530. The number of fused-ring (bicyclic) bond motifs is 1. The van der Waals surface area contributed by atoms with E-state index >= 15 is 0 Å². The van der Waals surface area contributed by atoms with Gasteiger partial charge in [-0.25, -0.2) is 4.39 Å². The molecule has 1 unspecified atom stereocenters. The van der Waals surface area contributed by atoms with Crippen LogP contribution in [0.4, 0.5) is 8.78 Å². The number of hydrogen-bond acceptors (Lipinski definition) is 3. The van der Waals surface area contributed by atoms with Crippen LogP contribution in [0.25, 0.3) is 0 Å². The van der Waals surface area contributed by atoms with Gasteiger partial charge >= 0.3 is 0 Å². The number of alkyl halides is 1. The van der Waals surface area contributed by atoms with Crippen molar-refractivity contribution < 1.29 is 18.3 Å². The van der Waals surface area contributed by atoms with Crippen molar-refractivity contribution >= 4 is 0 Å². The van der Waals surface area contributed by atoms with Gasteiger partial charge in [0.2, 0.25) is 0 Å². The van der Waals surface area contributed by atoms with Crippen molar-refractivity contribution in [1.82, 2.24) is 5.32 Å². The number of methoxy groups -OCH3 is 1. The van der Waals surface area contributed by atoms with Gasteiger partial charge in [0.05, 0.1) is 13.8 Å². The molecule has 22 heavy (non-hydrogen) atoms. The Labute approximate surface area is 130 Å². The number of rotatable bonds is 5. The van der Waals surface area contributed by atoms with Gasteiger partial charge < -0.3 is 14.8 Å². The highest BCUT2D eigenvalue weighted by Gasteiger charge is 2.35. The van der Waals surface area contributed by atoms with Crippen molar-refractivity contribution in [2.45, 2.75) is 31.7 Å². The van der Waals surface area contributed by atoms with Crippen LogP contribution in [0, 0.1) is 11.2 Å². The van der Waals surface area contributed by atoms with E-state index in [1.807, 2.05) is 6.07 Å². The summed E-state index contributed by atoms with van der Waals surface area (Å²) in [6, 6.07) is 3.70. The van der Waals surface area contributed by atoms with Crippen LogP contribution in [-0.2, 0) is 11.2 Å². The molecule has 1 aromatic rings. The summed E-state index contributed by atoms with van der Waals surface area (Å²) in [7, 11) is 1.48. The molecule has 1 N–H and O–H groups in total. The second-order valence-electron chi connectivity index (χ2n) is 6.37. The van der Waals surface area contributed by atoms with E-state index in [1.54, 1.807) is 6.07 Å². The Morgan fingerprint density at radius 3 is 2.82 bits per heavy atom. The molecular formula is C17H23F2NO2. The van der Waals surface area contributed by atoms with Crippen LogP contribution >= 0.6 is 0 Å². The summed E-state index contributed by atoms with van der Waals surface area (Å²) in [6.45, 7) is 1.53. The summed E-state index contributed by atoms with van der Waals surface area (Å²) >= 11 is 0. The van der Waals surface area contributed by atoms with Crippen LogP contribution < -0.4 is 10.1 Å². The molecule has 3 nitrogen and oxygen atoms in total. The molecule has 1 saturated heterocycles. The summed E-state index contributed by atoms with van der Waals surface area (Å²) in [5.74, 6) is 0.0413. The summed E-state index contributed by atoms with van der Waals surface area (Å²) in [5.41, 5.74) is 1.39. The minimum absolute atomic E-state index is 0.0988. The summed E-state index contributed by atoms with van der Waals surface area (Å²) in [5, 5.41) is 3.46. The van der Waals surface area contributed by atoms with Crippen molar-refractivity contribution in [2.24, 2.45) is 5.41 Å². The Morgan fingerprint density at radius 1 is 1.36 bits per heavy atom. The number of halogens is 2. The zero-order chi connectivity index (χ0) is 15.6. The third kappa shape index (κ3) is 2.84. The summed E-state index contributed by atoms with van der Waals surface area (Å²) in [6.07, 6.45) is 3.03. The Kier molecular flexibility index (Phi) is 4.64. The third-order valence-corrected chi connectivity index (χ3v) is 5.08. The maximum atomic E-state index is 14.3. The number of hydrogen-bond donors (Lipinski definition) is 1. The lowest BCUT2D eigenvalue weighted by Crippen LogP contribution is -2.41. The third-order valence-electron chi connectivity index (χ3n) is 5.08. The summed E-state index contributed by atoms with van der Waals surface area (Å²) in [4.78, 5) is 0. The average molecular weight is 311 g/mol. The van der Waals surface area contributed by atoms with E-state index in [0.29, 0.717) is 31.9 Å². The van der Waals surface area contributed by atoms with Gasteiger partial charge in [0.1, 0.15) is 0 Å². The van der Waals surface area contributed by atoms with Crippen molar-refractivity contribution in [2.75, 3.05) is 33.5 Å². The van der Waals surface area contributed by atoms with Gasteiger partial charge in [-0.15, -0.1) is 0 Å². The Hall–Kier alpha value is -1.20. The predicted octanol–water partition coefficient (Wildman–Crippen LogP) is 3.18. The van der Waals surface area contributed by atoms with Crippen molar-refractivity contribution in [3.63, 3.8) is 0 Å². The Morgan fingerprint density at radius 2 is 2.14 bits per heavy atom. The quantitative estimate of drug-likeness (QED) is 0.906. The first kappa shape index (κ1) is 15.7. The topological polar surface area (TPSA) is 30.5 Å². The lowest BCUT2D eigenvalue weighted by Gasteiger charge is -2.36. The van der Waals surface area contributed by atoms with Crippen LogP contribution in [0.15, 0.2) is 12.1 Å². The average Bonchev–Trinajstić information content (AvgIpc) is 2.98. The highest BCUT2D eigenvalue weighted by Crippen LogP contribution is 2.38. The first-order valence-corrected chi connectivity index (χ1v) is 7.91. The molecule has 1 aliphatic carbocycles. The summed E-state index contributed by atoms with van der Waals surface area (Å²) < 4.78 is 38.1. The van der Waals surface area contributed by atoms with Crippen molar-refractivity contribution in [1.29, 1.82) is 0 Å². The fourth-order valence-electron chi connectivity index (χ4n) is 3.51. The van der Waals surface area contributed by atoms with Crippen molar-refractivity contribution in [3.8, 4) is 5.75 Å². The molecule has 0 amide bonds. The van der Waals surface area contributed by atoms with Crippen LogP contribution in [-0.4, -0.2) is 33.5 Å². The molecule has 2 aliphatic rings. The van der Waals surface area contributed by atoms with Gasteiger partial charge in [-0.3, -0.25) is 4.39 Å². The second kappa shape index (κ2) is 6.50. The van der Waals surface area contributed by atoms with Crippen LogP contribution in [0.3, 0.4) is 0 Å². The molecule has 0 spiro atoms. The molecule has 1 fully saturated rings. The molecular weight excluding hydrogens is 288 g/mol. The number of ether oxygens (including phenoxy) is 2. The van der Waals surface area contributed by atoms with Gasteiger partial charge in [0, 0.05) is 31.2 Å². The fraction of sp³-hybridized carbons (Fsp3) is 0.647. The minimum atomic E-state index is -0.333. The molecule has 0 saturated carbocycles. The fourth-order valence-corrected chi connectivity index (χ4v) is 3.51. The first-order chi connectivity index (χ1) is 10.7. The number of benzene rings is 1. The lowest BCUT2D eigenvalue weighted by atomic mass is 9.81. The van der Waals surface area contributed by atoms with E-state index in [4.69, 9.17) is 9.47 Å². The molecule has 122 valence electrons.